The second-order valence-electron chi connectivity index (χ2n) is 4.72. The van der Waals surface area contributed by atoms with Crippen molar-refractivity contribution in [1.82, 2.24) is 0 Å². The van der Waals surface area contributed by atoms with Crippen LogP contribution in [0.1, 0.15) is 25.8 Å². The lowest BCUT2D eigenvalue weighted by Gasteiger charge is -2.10. The average Bonchev–Trinajstić information content (AvgIpc) is 2.93. The van der Waals surface area contributed by atoms with Crippen molar-refractivity contribution in [2.45, 2.75) is 26.3 Å². The quantitative estimate of drug-likeness (QED) is 0.856. The van der Waals surface area contributed by atoms with E-state index in [9.17, 15) is 0 Å². The van der Waals surface area contributed by atoms with Crippen molar-refractivity contribution < 1.29 is 0 Å². The molecule has 0 saturated heterocycles. The second kappa shape index (κ2) is 5.51. The molecule has 16 heavy (non-hydrogen) atoms. The van der Waals surface area contributed by atoms with Crippen LogP contribution in [0.4, 0.5) is 0 Å². The molecule has 0 aromatic heterocycles. The lowest BCUT2D eigenvalue weighted by Crippen LogP contribution is -2.06. The van der Waals surface area contributed by atoms with E-state index in [1.54, 1.807) is 0 Å². The SMILES string of the molecule is CC(C)/C(=C\c1ccccc1)C1CC1N.Cl. The second-order valence-corrected chi connectivity index (χ2v) is 4.72. The van der Waals surface area contributed by atoms with Gasteiger partial charge in [-0.2, -0.15) is 0 Å². The van der Waals surface area contributed by atoms with Gasteiger partial charge in [-0.05, 0) is 23.8 Å². The Balaban J connectivity index is 0.00000128. The summed E-state index contributed by atoms with van der Waals surface area (Å²) >= 11 is 0. The summed E-state index contributed by atoms with van der Waals surface area (Å²) in [6, 6.07) is 10.9. The Morgan fingerprint density at radius 2 is 1.88 bits per heavy atom. The van der Waals surface area contributed by atoms with Gasteiger partial charge in [0.15, 0.2) is 0 Å². The van der Waals surface area contributed by atoms with E-state index < -0.39 is 0 Å². The zero-order valence-corrected chi connectivity index (χ0v) is 10.7. The summed E-state index contributed by atoms with van der Waals surface area (Å²) in [7, 11) is 0. The van der Waals surface area contributed by atoms with E-state index in [2.05, 4.69) is 50.3 Å². The minimum Gasteiger partial charge on any atom is -0.327 e. The molecule has 2 atom stereocenters. The van der Waals surface area contributed by atoms with Gasteiger partial charge in [-0.1, -0.05) is 55.8 Å². The largest absolute Gasteiger partial charge is 0.327 e. The van der Waals surface area contributed by atoms with Crippen LogP contribution in [0.2, 0.25) is 0 Å². The minimum absolute atomic E-state index is 0. The number of benzene rings is 1. The molecule has 0 radical (unpaired) electrons. The Bertz CT molecular complexity index is 356. The molecule has 1 nitrogen and oxygen atoms in total. The van der Waals surface area contributed by atoms with Crippen LogP contribution >= 0.6 is 12.4 Å². The number of hydrogen-bond donors (Lipinski definition) is 1. The van der Waals surface area contributed by atoms with Crippen LogP contribution in [0, 0.1) is 11.8 Å². The molecule has 1 saturated carbocycles. The van der Waals surface area contributed by atoms with E-state index in [0.717, 1.165) is 6.42 Å². The Labute approximate surface area is 104 Å². The third-order valence-electron chi connectivity index (χ3n) is 3.07. The van der Waals surface area contributed by atoms with E-state index in [1.807, 2.05) is 0 Å². The highest BCUT2D eigenvalue weighted by Crippen LogP contribution is 2.39. The summed E-state index contributed by atoms with van der Waals surface area (Å²) in [6.07, 6.45) is 3.47. The molecule has 0 spiro atoms. The highest BCUT2D eigenvalue weighted by Gasteiger charge is 2.37. The van der Waals surface area contributed by atoms with E-state index in [1.165, 1.54) is 11.1 Å². The van der Waals surface area contributed by atoms with Gasteiger partial charge in [0.25, 0.3) is 0 Å². The Hall–Kier alpha value is -0.790. The topological polar surface area (TPSA) is 26.0 Å². The molecule has 2 rings (SSSR count). The number of rotatable bonds is 3. The molecule has 88 valence electrons. The molecule has 1 aliphatic carbocycles. The van der Waals surface area contributed by atoms with Crippen LogP contribution in [0.3, 0.4) is 0 Å². The molecular formula is C14H20ClN. The highest BCUT2D eigenvalue weighted by atomic mass is 35.5. The van der Waals surface area contributed by atoms with Crippen LogP contribution in [-0.2, 0) is 0 Å². The first-order valence-electron chi connectivity index (χ1n) is 5.70. The molecule has 0 heterocycles. The predicted octanol–water partition coefficient (Wildman–Crippen LogP) is 3.50. The van der Waals surface area contributed by atoms with Crippen molar-refractivity contribution in [3.63, 3.8) is 0 Å². The maximum Gasteiger partial charge on any atom is 0.0112 e. The fourth-order valence-corrected chi connectivity index (χ4v) is 2.04. The van der Waals surface area contributed by atoms with E-state index in [4.69, 9.17) is 5.73 Å². The van der Waals surface area contributed by atoms with Gasteiger partial charge < -0.3 is 5.73 Å². The summed E-state index contributed by atoms with van der Waals surface area (Å²) in [5.41, 5.74) is 8.72. The molecule has 1 aromatic rings. The molecule has 2 N–H and O–H groups in total. The first kappa shape index (κ1) is 13.3. The van der Waals surface area contributed by atoms with Crippen molar-refractivity contribution in [3.8, 4) is 0 Å². The van der Waals surface area contributed by atoms with Crippen molar-refractivity contribution >= 4 is 18.5 Å². The molecule has 0 amide bonds. The summed E-state index contributed by atoms with van der Waals surface area (Å²) < 4.78 is 0. The fraction of sp³-hybridized carbons (Fsp3) is 0.429. The van der Waals surface area contributed by atoms with Crippen LogP contribution in [0.25, 0.3) is 6.08 Å². The summed E-state index contributed by atoms with van der Waals surface area (Å²) in [5.74, 6) is 1.23. The fourth-order valence-electron chi connectivity index (χ4n) is 2.04. The summed E-state index contributed by atoms with van der Waals surface area (Å²) in [4.78, 5) is 0. The Morgan fingerprint density at radius 1 is 1.31 bits per heavy atom. The Kier molecular flexibility index (Phi) is 4.57. The van der Waals surface area contributed by atoms with Crippen molar-refractivity contribution in [1.29, 1.82) is 0 Å². The van der Waals surface area contributed by atoms with Gasteiger partial charge in [-0.3, -0.25) is 0 Å². The average molecular weight is 238 g/mol. The summed E-state index contributed by atoms with van der Waals surface area (Å²) in [6.45, 7) is 4.50. The van der Waals surface area contributed by atoms with Crippen LogP contribution in [-0.4, -0.2) is 6.04 Å². The van der Waals surface area contributed by atoms with Gasteiger partial charge in [0, 0.05) is 6.04 Å². The van der Waals surface area contributed by atoms with E-state index in [0.29, 0.717) is 17.9 Å². The van der Waals surface area contributed by atoms with Crippen molar-refractivity contribution in [3.05, 3.63) is 41.5 Å². The lowest BCUT2D eigenvalue weighted by molar-refractivity contribution is 0.699. The maximum atomic E-state index is 5.92. The molecule has 2 unspecified atom stereocenters. The van der Waals surface area contributed by atoms with E-state index in [-0.39, 0.29) is 12.4 Å². The molecule has 1 aliphatic rings. The van der Waals surface area contributed by atoms with Gasteiger partial charge in [-0.25, -0.2) is 0 Å². The lowest BCUT2D eigenvalue weighted by atomic mass is 9.96. The van der Waals surface area contributed by atoms with Gasteiger partial charge in [0.2, 0.25) is 0 Å². The first-order valence-corrected chi connectivity index (χ1v) is 5.70. The molecule has 1 aromatic carbocycles. The smallest absolute Gasteiger partial charge is 0.0112 e. The monoisotopic (exact) mass is 237 g/mol. The molecule has 0 aliphatic heterocycles. The van der Waals surface area contributed by atoms with Gasteiger partial charge >= 0.3 is 0 Å². The molecule has 0 bridgehead atoms. The van der Waals surface area contributed by atoms with Crippen LogP contribution in [0.5, 0.6) is 0 Å². The van der Waals surface area contributed by atoms with Crippen LogP contribution in [0.15, 0.2) is 35.9 Å². The van der Waals surface area contributed by atoms with Gasteiger partial charge in [-0.15, -0.1) is 12.4 Å². The van der Waals surface area contributed by atoms with Crippen molar-refractivity contribution in [2.75, 3.05) is 0 Å². The third kappa shape index (κ3) is 3.10. The maximum absolute atomic E-state index is 5.92. The number of halogens is 1. The molecule has 1 fully saturated rings. The molecule has 2 heteroatoms. The zero-order valence-electron chi connectivity index (χ0n) is 9.89. The van der Waals surface area contributed by atoms with Crippen molar-refractivity contribution in [2.24, 2.45) is 17.6 Å². The highest BCUT2D eigenvalue weighted by molar-refractivity contribution is 5.85. The number of nitrogens with two attached hydrogens (primary N) is 1. The number of hydrogen-bond acceptors (Lipinski definition) is 1. The summed E-state index contributed by atoms with van der Waals surface area (Å²) in [5, 5.41) is 0. The van der Waals surface area contributed by atoms with E-state index >= 15 is 0 Å². The Morgan fingerprint density at radius 3 is 2.31 bits per heavy atom. The van der Waals surface area contributed by atoms with Crippen LogP contribution < -0.4 is 5.73 Å². The predicted molar refractivity (Wildman–Crippen MR) is 72.6 cm³/mol. The van der Waals surface area contributed by atoms with Gasteiger partial charge in [0.1, 0.15) is 0 Å². The zero-order chi connectivity index (χ0) is 10.8. The molecular weight excluding hydrogens is 218 g/mol. The minimum atomic E-state index is 0. The third-order valence-corrected chi connectivity index (χ3v) is 3.07. The normalized spacial score (nSPS) is 24.1. The first-order chi connectivity index (χ1) is 7.18. The standard InChI is InChI=1S/C14H19N.ClH/c1-10(2)12(13-9-14(13)15)8-11-6-4-3-5-7-11;/h3-8,10,13-14H,9,15H2,1-2H3;1H/b12-8+;. The van der Waals surface area contributed by atoms with Gasteiger partial charge in [0.05, 0.1) is 0 Å².